The van der Waals surface area contributed by atoms with Crippen molar-refractivity contribution in [3.05, 3.63) is 65.9 Å². The Morgan fingerprint density at radius 1 is 1.21 bits per heavy atom. The third kappa shape index (κ3) is 8.02. The first kappa shape index (κ1) is 30.1. The summed E-state index contributed by atoms with van der Waals surface area (Å²) in [5.74, 6) is 0.349. The van der Waals surface area contributed by atoms with Gasteiger partial charge in [0.1, 0.15) is 11.5 Å². The monoisotopic (exact) mass is 762 g/mol. The number of nitrogens with zero attached hydrogens (tertiary/aromatic N) is 1. The predicted molar refractivity (Wildman–Crippen MR) is 166 cm³/mol. The van der Waals surface area contributed by atoms with Crippen LogP contribution in [0.2, 0.25) is 0 Å². The third-order valence-corrected chi connectivity index (χ3v) is 6.95. The quantitative estimate of drug-likeness (QED) is 0.106. The Labute approximate surface area is 254 Å². The van der Waals surface area contributed by atoms with Gasteiger partial charge in [-0.3, -0.25) is 4.79 Å². The molecule has 0 aromatic heterocycles. The lowest BCUT2D eigenvalue weighted by Crippen LogP contribution is -2.45. The first-order valence-electron chi connectivity index (χ1n) is 11.7. The summed E-state index contributed by atoms with van der Waals surface area (Å²) in [6, 6.07) is 10.4. The van der Waals surface area contributed by atoms with Gasteiger partial charge >= 0.3 is 5.97 Å². The lowest BCUT2D eigenvalue weighted by molar-refractivity contribution is -0.139. The largest absolute Gasteiger partial charge is 0.489 e. The second-order valence-electron chi connectivity index (χ2n) is 8.39. The van der Waals surface area contributed by atoms with Gasteiger partial charge in [0.25, 0.3) is 5.91 Å². The zero-order valence-corrected chi connectivity index (χ0v) is 26.4. The molecule has 3 N–H and O–H groups in total. The summed E-state index contributed by atoms with van der Waals surface area (Å²) in [7, 11) is 0. The van der Waals surface area contributed by atoms with Gasteiger partial charge in [0.2, 0.25) is 0 Å². The van der Waals surface area contributed by atoms with E-state index >= 15 is 0 Å². The third-order valence-electron chi connectivity index (χ3n) is 5.13. The van der Waals surface area contributed by atoms with Gasteiger partial charge in [-0.25, -0.2) is 10.2 Å². The van der Waals surface area contributed by atoms with E-state index in [9.17, 15) is 9.59 Å². The highest BCUT2D eigenvalue weighted by atomic mass is 127. The Balaban J connectivity index is 1.69. The predicted octanol–water partition coefficient (Wildman–Crippen LogP) is 4.57. The Morgan fingerprint density at radius 2 is 1.89 bits per heavy atom. The zero-order chi connectivity index (χ0) is 27.8. The minimum absolute atomic E-state index is 0.0694. The van der Waals surface area contributed by atoms with Gasteiger partial charge in [-0.05, 0) is 109 Å². The Kier molecular flexibility index (Phi) is 11.1. The van der Waals surface area contributed by atoms with E-state index in [1.807, 2.05) is 32.0 Å². The number of hydrazone groups is 1. The van der Waals surface area contributed by atoms with E-state index in [1.165, 1.54) is 0 Å². The lowest BCUT2D eigenvalue weighted by atomic mass is 9.95. The maximum absolute atomic E-state index is 12.7. The molecule has 1 aliphatic rings. The van der Waals surface area contributed by atoms with Crippen molar-refractivity contribution in [2.24, 2.45) is 5.10 Å². The summed E-state index contributed by atoms with van der Waals surface area (Å²) in [6.07, 6.45) is 1.63. The van der Waals surface area contributed by atoms with Crippen molar-refractivity contribution in [3.8, 4) is 11.5 Å². The van der Waals surface area contributed by atoms with Gasteiger partial charge in [0, 0.05) is 11.3 Å². The van der Waals surface area contributed by atoms with Gasteiger partial charge in [0.05, 0.1) is 37.7 Å². The molecule has 0 fully saturated rings. The summed E-state index contributed by atoms with van der Waals surface area (Å²) < 4.78 is 18.8. The number of carbonyl (C=O) groups excluding carboxylic acids is 2. The number of esters is 1. The number of ether oxygens (including phenoxy) is 3. The molecule has 9 nitrogen and oxygen atoms in total. The maximum Gasteiger partial charge on any atom is 0.338 e. The van der Waals surface area contributed by atoms with Crippen LogP contribution in [-0.2, 0) is 14.3 Å². The number of hydrogen-bond donors (Lipinski definition) is 3. The number of benzene rings is 2. The number of carbonyl (C=O) groups is 2. The van der Waals surface area contributed by atoms with Crippen LogP contribution in [0.25, 0.3) is 0 Å². The van der Waals surface area contributed by atoms with Crippen LogP contribution in [0.5, 0.6) is 11.5 Å². The first-order valence-corrected chi connectivity index (χ1v) is 14.3. The standard InChI is InChI=1S/C26H28I2N4O5S/c1-5-35-25(34)22-15(4)30-26(38)31-23(22)17-8-6-7-9-20(17)36-13-21(33)32-29-12-16-10-18(27)24(19(28)11-16)37-14(2)3/h6-12,14,23H,5,13H2,1-4H3,(H,32,33)(H2,30,31,38)/t23-/m1/s1. The average Bonchev–Trinajstić information content (AvgIpc) is 2.84. The van der Waals surface area contributed by atoms with Crippen molar-refractivity contribution >= 4 is 80.6 Å². The molecule has 12 heteroatoms. The first-order chi connectivity index (χ1) is 18.1. The molecule has 202 valence electrons. The fourth-order valence-corrected chi connectivity index (χ4v) is 5.96. The smallest absolute Gasteiger partial charge is 0.338 e. The van der Waals surface area contributed by atoms with Gasteiger partial charge < -0.3 is 24.8 Å². The number of thiocarbonyl (C=S) groups is 1. The number of para-hydroxylation sites is 1. The number of amides is 1. The summed E-state index contributed by atoms with van der Waals surface area (Å²) in [5, 5.41) is 10.5. The molecule has 0 bridgehead atoms. The second kappa shape index (κ2) is 14.1. The fraction of sp³-hybridized carbons (Fsp3) is 0.308. The molecule has 38 heavy (non-hydrogen) atoms. The van der Waals surface area contributed by atoms with Gasteiger partial charge in [-0.15, -0.1) is 0 Å². The molecule has 0 spiro atoms. The summed E-state index contributed by atoms with van der Waals surface area (Å²) in [6.45, 7) is 7.41. The normalized spacial score (nSPS) is 15.2. The molecule has 1 amide bonds. The fourth-order valence-electron chi connectivity index (χ4n) is 3.61. The molecule has 0 aliphatic carbocycles. The molecule has 0 unspecified atom stereocenters. The molecule has 2 aromatic rings. The van der Waals surface area contributed by atoms with E-state index in [-0.39, 0.29) is 19.3 Å². The van der Waals surface area contributed by atoms with Gasteiger partial charge in [-0.2, -0.15) is 5.10 Å². The Morgan fingerprint density at radius 3 is 2.55 bits per heavy atom. The average molecular weight is 762 g/mol. The highest BCUT2D eigenvalue weighted by molar-refractivity contribution is 14.1. The molecule has 1 heterocycles. The number of allylic oxidation sites excluding steroid dienone is 1. The van der Waals surface area contributed by atoms with Crippen molar-refractivity contribution in [2.75, 3.05) is 13.2 Å². The van der Waals surface area contributed by atoms with Gasteiger partial charge in [0.15, 0.2) is 11.7 Å². The van der Waals surface area contributed by atoms with Crippen LogP contribution in [0.1, 0.15) is 44.9 Å². The van der Waals surface area contributed by atoms with E-state index in [0.29, 0.717) is 27.7 Å². The topological polar surface area (TPSA) is 110 Å². The van der Waals surface area contributed by atoms with Crippen molar-refractivity contribution in [2.45, 2.75) is 39.8 Å². The van der Waals surface area contributed by atoms with Crippen LogP contribution in [-0.4, -0.2) is 42.5 Å². The highest BCUT2D eigenvalue weighted by Crippen LogP contribution is 2.33. The van der Waals surface area contributed by atoms with Crippen LogP contribution >= 0.6 is 57.4 Å². The number of rotatable bonds is 10. The SMILES string of the molecule is CCOC(=O)C1=C(C)NC(=S)N[C@@H]1c1ccccc1OCC(=O)NN=Cc1cc(I)c(OC(C)C)c(I)c1. The molecule has 2 aromatic carbocycles. The summed E-state index contributed by atoms with van der Waals surface area (Å²) in [5.41, 5.74) is 4.93. The number of hydrogen-bond acceptors (Lipinski definition) is 7. The Hall–Kier alpha value is -2.46. The number of nitrogens with one attached hydrogen (secondary N) is 3. The van der Waals surface area contributed by atoms with E-state index in [2.05, 4.69) is 66.3 Å². The molecular formula is C26H28I2N4O5S. The van der Waals surface area contributed by atoms with Crippen LogP contribution in [0.3, 0.4) is 0 Å². The minimum atomic E-state index is -0.604. The van der Waals surface area contributed by atoms with E-state index < -0.39 is 17.9 Å². The van der Waals surface area contributed by atoms with E-state index in [4.69, 9.17) is 26.4 Å². The summed E-state index contributed by atoms with van der Waals surface area (Å²) in [4.78, 5) is 25.1. The molecule has 3 rings (SSSR count). The maximum atomic E-state index is 12.7. The molecule has 0 saturated carbocycles. The van der Waals surface area contributed by atoms with Crippen molar-refractivity contribution in [1.82, 2.24) is 16.1 Å². The van der Waals surface area contributed by atoms with Crippen LogP contribution in [0.4, 0.5) is 0 Å². The molecule has 1 aliphatic heterocycles. The van der Waals surface area contributed by atoms with Crippen LogP contribution in [0, 0.1) is 7.14 Å². The van der Waals surface area contributed by atoms with Crippen molar-refractivity contribution < 1.29 is 23.8 Å². The summed E-state index contributed by atoms with van der Waals surface area (Å²) >= 11 is 9.74. The number of halogens is 2. The van der Waals surface area contributed by atoms with Crippen LogP contribution in [0.15, 0.2) is 52.8 Å². The lowest BCUT2D eigenvalue weighted by Gasteiger charge is -2.30. The molecule has 0 saturated heterocycles. The van der Waals surface area contributed by atoms with Gasteiger partial charge in [-0.1, -0.05) is 18.2 Å². The highest BCUT2D eigenvalue weighted by Gasteiger charge is 2.32. The Bertz CT molecular complexity index is 1260. The zero-order valence-electron chi connectivity index (χ0n) is 21.3. The van der Waals surface area contributed by atoms with Crippen molar-refractivity contribution in [1.29, 1.82) is 0 Å². The molecule has 0 radical (unpaired) electrons. The van der Waals surface area contributed by atoms with Crippen LogP contribution < -0.4 is 25.5 Å². The van der Waals surface area contributed by atoms with Crippen molar-refractivity contribution in [3.63, 3.8) is 0 Å². The van der Waals surface area contributed by atoms with E-state index in [0.717, 1.165) is 18.5 Å². The minimum Gasteiger partial charge on any atom is -0.489 e. The second-order valence-corrected chi connectivity index (χ2v) is 11.1. The van der Waals surface area contributed by atoms with E-state index in [1.54, 1.807) is 38.3 Å². The molecule has 1 atom stereocenters. The molecular weight excluding hydrogens is 734 g/mol.